The van der Waals surface area contributed by atoms with Gasteiger partial charge in [-0.3, -0.25) is 9.69 Å². The first-order chi connectivity index (χ1) is 9.56. The van der Waals surface area contributed by atoms with Gasteiger partial charge in [0.25, 0.3) is 0 Å². The van der Waals surface area contributed by atoms with E-state index in [2.05, 4.69) is 43.0 Å². The van der Waals surface area contributed by atoms with Crippen LogP contribution in [0.1, 0.15) is 44.2 Å². The molecule has 2 aliphatic rings. The molecule has 1 heterocycles. The van der Waals surface area contributed by atoms with Crippen LogP contribution in [-0.2, 0) is 17.8 Å². The van der Waals surface area contributed by atoms with Gasteiger partial charge in [-0.1, -0.05) is 44.5 Å². The van der Waals surface area contributed by atoms with Crippen molar-refractivity contribution in [1.82, 2.24) is 4.90 Å². The Labute approximate surface area is 122 Å². The molecule has 1 fully saturated rings. The lowest BCUT2D eigenvalue weighted by atomic mass is 9.71. The van der Waals surface area contributed by atoms with E-state index in [0.29, 0.717) is 5.78 Å². The molecule has 1 aliphatic heterocycles. The average molecular weight is 271 g/mol. The highest BCUT2D eigenvalue weighted by molar-refractivity contribution is 5.87. The third kappa shape index (κ3) is 2.67. The minimum atomic E-state index is -0.101. The van der Waals surface area contributed by atoms with Crippen LogP contribution >= 0.6 is 0 Å². The fourth-order valence-corrected chi connectivity index (χ4v) is 3.79. The maximum Gasteiger partial charge on any atom is 0.142 e. The summed E-state index contributed by atoms with van der Waals surface area (Å²) in [4.78, 5) is 15.0. The second-order valence-electron chi connectivity index (χ2n) is 7.09. The highest BCUT2D eigenvalue weighted by Crippen LogP contribution is 2.36. The Morgan fingerprint density at radius 2 is 2.00 bits per heavy atom. The zero-order valence-electron chi connectivity index (χ0n) is 12.7. The minimum absolute atomic E-state index is 0.101. The summed E-state index contributed by atoms with van der Waals surface area (Å²) in [6.45, 7) is 7.30. The largest absolute Gasteiger partial charge is 0.299 e. The van der Waals surface area contributed by atoms with Crippen molar-refractivity contribution in [3.8, 4) is 0 Å². The number of Topliss-reactive ketones (excluding diaryl/α,β-unsaturated/α-hetero) is 1. The summed E-state index contributed by atoms with van der Waals surface area (Å²) in [5, 5.41) is 0. The van der Waals surface area contributed by atoms with Crippen LogP contribution in [0.4, 0.5) is 0 Å². The summed E-state index contributed by atoms with van der Waals surface area (Å²) < 4.78 is 0. The van der Waals surface area contributed by atoms with E-state index in [4.69, 9.17) is 0 Å². The number of rotatable bonds is 2. The zero-order valence-corrected chi connectivity index (χ0v) is 12.7. The zero-order chi connectivity index (χ0) is 14.2. The quantitative estimate of drug-likeness (QED) is 0.821. The molecule has 0 N–H and O–H groups in total. The van der Waals surface area contributed by atoms with E-state index >= 15 is 0 Å². The van der Waals surface area contributed by atoms with Gasteiger partial charge in [0.1, 0.15) is 5.78 Å². The van der Waals surface area contributed by atoms with Gasteiger partial charge in [-0.25, -0.2) is 0 Å². The fourth-order valence-electron chi connectivity index (χ4n) is 3.79. The first kappa shape index (κ1) is 13.8. The molecular formula is C18H25NO. The van der Waals surface area contributed by atoms with Crippen molar-refractivity contribution in [2.45, 2.75) is 46.1 Å². The number of fused-ring (bicyclic) bond motifs is 1. The van der Waals surface area contributed by atoms with Crippen LogP contribution in [-0.4, -0.2) is 23.8 Å². The smallest absolute Gasteiger partial charge is 0.142 e. The Morgan fingerprint density at radius 1 is 1.25 bits per heavy atom. The lowest BCUT2D eigenvalue weighted by Crippen LogP contribution is -2.43. The predicted octanol–water partition coefficient (Wildman–Crippen LogP) is 3.44. The molecule has 0 radical (unpaired) electrons. The number of hydrogen-bond donors (Lipinski definition) is 0. The molecule has 1 aliphatic carbocycles. The van der Waals surface area contributed by atoms with Crippen LogP contribution in [0.15, 0.2) is 24.3 Å². The van der Waals surface area contributed by atoms with Gasteiger partial charge >= 0.3 is 0 Å². The van der Waals surface area contributed by atoms with Crippen molar-refractivity contribution in [2.24, 2.45) is 11.3 Å². The number of carbonyl (C=O) groups excluding carboxylic acids is 1. The molecule has 3 rings (SSSR count). The number of carbonyl (C=O) groups is 1. The predicted molar refractivity (Wildman–Crippen MR) is 81.6 cm³/mol. The number of benzene rings is 1. The van der Waals surface area contributed by atoms with Gasteiger partial charge in [0.2, 0.25) is 0 Å². The van der Waals surface area contributed by atoms with Crippen LogP contribution in [0, 0.1) is 11.3 Å². The highest BCUT2D eigenvalue weighted by atomic mass is 16.1. The van der Waals surface area contributed by atoms with Crippen molar-refractivity contribution >= 4 is 5.78 Å². The second kappa shape index (κ2) is 5.33. The molecule has 1 atom stereocenters. The van der Waals surface area contributed by atoms with Crippen LogP contribution in [0.5, 0.6) is 0 Å². The summed E-state index contributed by atoms with van der Waals surface area (Å²) in [6.07, 6.45) is 4.47. The van der Waals surface area contributed by atoms with Gasteiger partial charge in [-0.15, -0.1) is 0 Å². The van der Waals surface area contributed by atoms with E-state index < -0.39 is 0 Å². The van der Waals surface area contributed by atoms with Crippen molar-refractivity contribution < 1.29 is 4.79 Å². The monoisotopic (exact) mass is 271 g/mol. The third-order valence-corrected chi connectivity index (χ3v) is 5.08. The molecule has 1 unspecified atom stereocenters. The summed E-state index contributed by atoms with van der Waals surface area (Å²) in [7, 11) is 0. The van der Waals surface area contributed by atoms with Gasteiger partial charge in [-0.05, 0) is 30.4 Å². The lowest BCUT2D eigenvalue weighted by Gasteiger charge is -2.37. The van der Waals surface area contributed by atoms with E-state index in [1.165, 1.54) is 17.5 Å². The Morgan fingerprint density at radius 3 is 2.80 bits per heavy atom. The SMILES string of the molecule is CC1(C)CCCC(CN2CCc3ccccc3C2)C1=O. The maximum absolute atomic E-state index is 12.5. The molecular weight excluding hydrogens is 246 g/mol. The van der Waals surface area contributed by atoms with Crippen LogP contribution < -0.4 is 0 Å². The molecule has 108 valence electrons. The molecule has 2 heteroatoms. The Hall–Kier alpha value is -1.15. The molecule has 0 bridgehead atoms. The summed E-state index contributed by atoms with van der Waals surface area (Å²) in [5.74, 6) is 0.742. The Bertz CT molecular complexity index is 506. The lowest BCUT2D eigenvalue weighted by molar-refractivity contribution is -0.135. The molecule has 1 aromatic rings. The molecule has 1 aromatic carbocycles. The second-order valence-corrected chi connectivity index (χ2v) is 7.09. The topological polar surface area (TPSA) is 20.3 Å². The Kier molecular flexibility index (Phi) is 3.68. The molecule has 0 aromatic heterocycles. The van der Waals surface area contributed by atoms with Crippen molar-refractivity contribution in [3.63, 3.8) is 0 Å². The molecule has 1 saturated carbocycles. The fraction of sp³-hybridized carbons (Fsp3) is 0.611. The third-order valence-electron chi connectivity index (χ3n) is 5.08. The van der Waals surface area contributed by atoms with Gasteiger partial charge in [-0.2, -0.15) is 0 Å². The normalized spacial score (nSPS) is 26.3. The highest BCUT2D eigenvalue weighted by Gasteiger charge is 2.37. The first-order valence-electron chi connectivity index (χ1n) is 7.90. The van der Waals surface area contributed by atoms with Crippen molar-refractivity contribution in [1.29, 1.82) is 0 Å². The summed E-state index contributed by atoms with van der Waals surface area (Å²) >= 11 is 0. The minimum Gasteiger partial charge on any atom is -0.299 e. The van der Waals surface area contributed by atoms with Gasteiger partial charge in [0, 0.05) is 31.0 Å². The molecule has 0 saturated heterocycles. The molecule has 0 amide bonds. The summed E-state index contributed by atoms with van der Waals surface area (Å²) in [5.41, 5.74) is 2.83. The average Bonchev–Trinajstić information content (AvgIpc) is 2.44. The van der Waals surface area contributed by atoms with E-state index in [1.54, 1.807) is 0 Å². The molecule has 0 spiro atoms. The number of nitrogens with zero attached hydrogens (tertiary/aromatic N) is 1. The number of ketones is 1. The van der Waals surface area contributed by atoms with E-state index in [9.17, 15) is 4.79 Å². The van der Waals surface area contributed by atoms with Crippen LogP contribution in [0.25, 0.3) is 0 Å². The van der Waals surface area contributed by atoms with Crippen molar-refractivity contribution in [3.05, 3.63) is 35.4 Å². The van der Waals surface area contributed by atoms with E-state index in [0.717, 1.165) is 38.9 Å². The van der Waals surface area contributed by atoms with Gasteiger partial charge in [0.05, 0.1) is 0 Å². The first-order valence-corrected chi connectivity index (χ1v) is 7.90. The van der Waals surface area contributed by atoms with E-state index in [-0.39, 0.29) is 11.3 Å². The maximum atomic E-state index is 12.5. The number of hydrogen-bond acceptors (Lipinski definition) is 2. The standard InChI is InChI=1S/C18H25NO/c1-18(2)10-5-8-16(17(18)20)13-19-11-9-14-6-3-4-7-15(14)12-19/h3-4,6-7,16H,5,8-13H2,1-2H3. The van der Waals surface area contributed by atoms with Crippen molar-refractivity contribution in [2.75, 3.05) is 13.1 Å². The van der Waals surface area contributed by atoms with Gasteiger partial charge < -0.3 is 0 Å². The van der Waals surface area contributed by atoms with Gasteiger partial charge in [0.15, 0.2) is 0 Å². The van der Waals surface area contributed by atoms with E-state index in [1.807, 2.05) is 0 Å². The Balaban J connectivity index is 1.66. The van der Waals surface area contributed by atoms with Crippen LogP contribution in [0.3, 0.4) is 0 Å². The van der Waals surface area contributed by atoms with Crippen LogP contribution in [0.2, 0.25) is 0 Å². The summed E-state index contributed by atoms with van der Waals surface area (Å²) in [6, 6.07) is 8.72. The molecule has 20 heavy (non-hydrogen) atoms. The molecule has 2 nitrogen and oxygen atoms in total.